The minimum absolute atomic E-state index is 0.530. The van der Waals surface area contributed by atoms with E-state index < -0.39 is 0 Å². The molecule has 0 aliphatic carbocycles. The molecule has 0 amide bonds. The standard InChI is InChI=1S/C8H16ClNO/c1-8(2)10-5-7-11-6-3-4-9/h3-4,8,10H,5-7H2,1-2H3. The van der Waals surface area contributed by atoms with Crippen LogP contribution in [0, 0.1) is 0 Å². The van der Waals surface area contributed by atoms with Crippen molar-refractivity contribution in [2.75, 3.05) is 19.8 Å². The van der Waals surface area contributed by atoms with E-state index in [9.17, 15) is 0 Å². The first-order chi connectivity index (χ1) is 5.27. The Kier molecular flexibility index (Phi) is 8.01. The summed E-state index contributed by atoms with van der Waals surface area (Å²) in [6, 6.07) is 0.530. The van der Waals surface area contributed by atoms with Crippen molar-refractivity contribution >= 4 is 11.6 Å². The third kappa shape index (κ3) is 9.95. The van der Waals surface area contributed by atoms with Crippen LogP contribution in [0.1, 0.15) is 13.8 Å². The molecule has 0 bridgehead atoms. The van der Waals surface area contributed by atoms with Crippen LogP contribution in [0.3, 0.4) is 0 Å². The van der Waals surface area contributed by atoms with Crippen LogP contribution >= 0.6 is 11.6 Å². The smallest absolute Gasteiger partial charge is 0.0659 e. The molecule has 0 fully saturated rings. The van der Waals surface area contributed by atoms with Crippen LogP contribution in [0.15, 0.2) is 11.6 Å². The molecule has 0 radical (unpaired) electrons. The third-order valence-electron chi connectivity index (χ3n) is 1.10. The molecular formula is C8H16ClNO. The van der Waals surface area contributed by atoms with E-state index in [1.807, 2.05) is 0 Å². The molecule has 0 aromatic heterocycles. The lowest BCUT2D eigenvalue weighted by molar-refractivity contribution is 0.162. The van der Waals surface area contributed by atoms with Crippen molar-refractivity contribution in [1.82, 2.24) is 5.32 Å². The SMILES string of the molecule is CC(C)NCCOCC=CCl. The molecule has 0 heterocycles. The highest BCUT2D eigenvalue weighted by molar-refractivity contribution is 6.25. The number of rotatable bonds is 6. The summed E-state index contributed by atoms with van der Waals surface area (Å²) in [6.07, 6.45) is 1.77. The summed E-state index contributed by atoms with van der Waals surface area (Å²) in [5, 5.41) is 3.24. The molecule has 0 unspecified atom stereocenters. The Morgan fingerprint density at radius 3 is 2.82 bits per heavy atom. The maximum Gasteiger partial charge on any atom is 0.0659 e. The predicted molar refractivity (Wildman–Crippen MR) is 49.0 cm³/mol. The second-order valence-corrected chi connectivity index (χ2v) is 2.80. The average molecular weight is 178 g/mol. The van der Waals surface area contributed by atoms with Crippen LogP contribution in [0.5, 0.6) is 0 Å². The fourth-order valence-corrected chi connectivity index (χ4v) is 0.680. The Labute approximate surface area is 73.6 Å². The highest BCUT2D eigenvalue weighted by atomic mass is 35.5. The van der Waals surface area contributed by atoms with Gasteiger partial charge < -0.3 is 10.1 Å². The Morgan fingerprint density at radius 2 is 2.27 bits per heavy atom. The van der Waals surface area contributed by atoms with E-state index >= 15 is 0 Å². The zero-order valence-electron chi connectivity index (χ0n) is 7.14. The van der Waals surface area contributed by atoms with Crippen LogP contribution in [-0.4, -0.2) is 25.8 Å². The van der Waals surface area contributed by atoms with Gasteiger partial charge in [-0.2, -0.15) is 0 Å². The van der Waals surface area contributed by atoms with Crippen LogP contribution in [0.25, 0.3) is 0 Å². The van der Waals surface area contributed by atoms with Gasteiger partial charge in [-0.15, -0.1) is 0 Å². The molecule has 0 spiro atoms. The Bertz CT molecular complexity index is 104. The molecule has 0 aliphatic rings. The largest absolute Gasteiger partial charge is 0.376 e. The second kappa shape index (κ2) is 8.05. The van der Waals surface area contributed by atoms with Gasteiger partial charge in [-0.05, 0) is 6.08 Å². The summed E-state index contributed by atoms with van der Waals surface area (Å²) in [5.74, 6) is 0. The number of hydrogen-bond acceptors (Lipinski definition) is 2. The number of halogens is 1. The maximum atomic E-state index is 5.29. The van der Waals surface area contributed by atoms with Gasteiger partial charge in [0, 0.05) is 18.1 Å². The second-order valence-electron chi connectivity index (χ2n) is 2.55. The zero-order chi connectivity index (χ0) is 8.53. The van der Waals surface area contributed by atoms with E-state index in [-0.39, 0.29) is 0 Å². The third-order valence-corrected chi connectivity index (χ3v) is 1.28. The summed E-state index contributed by atoms with van der Waals surface area (Å²) < 4.78 is 5.19. The van der Waals surface area contributed by atoms with Gasteiger partial charge >= 0.3 is 0 Å². The fourth-order valence-electron chi connectivity index (χ4n) is 0.608. The molecule has 0 saturated heterocycles. The number of hydrogen-bond donors (Lipinski definition) is 1. The van der Waals surface area contributed by atoms with Crippen molar-refractivity contribution in [2.24, 2.45) is 0 Å². The first-order valence-corrected chi connectivity index (χ1v) is 4.27. The molecule has 3 heteroatoms. The van der Waals surface area contributed by atoms with Crippen LogP contribution in [0.2, 0.25) is 0 Å². The highest BCUT2D eigenvalue weighted by Crippen LogP contribution is 1.81. The van der Waals surface area contributed by atoms with E-state index in [1.54, 1.807) is 6.08 Å². The van der Waals surface area contributed by atoms with Gasteiger partial charge in [-0.25, -0.2) is 0 Å². The van der Waals surface area contributed by atoms with Crippen molar-refractivity contribution in [1.29, 1.82) is 0 Å². The normalized spacial score (nSPS) is 11.6. The van der Waals surface area contributed by atoms with Crippen molar-refractivity contribution in [3.8, 4) is 0 Å². The Balaban J connectivity index is 2.91. The van der Waals surface area contributed by atoms with Gasteiger partial charge in [0.1, 0.15) is 0 Å². The summed E-state index contributed by atoms with van der Waals surface area (Å²) in [4.78, 5) is 0. The first kappa shape index (κ1) is 11.0. The van der Waals surface area contributed by atoms with E-state index in [2.05, 4.69) is 19.2 Å². The predicted octanol–water partition coefficient (Wildman–Crippen LogP) is 1.75. The molecule has 0 aliphatic heterocycles. The van der Waals surface area contributed by atoms with Crippen LogP contribution < -0.4 is 5.32 Å². The lowest BCUT2D eigenvalue weighted by atomic mass is 10.4. The average Bonchev–Trinajstić information content (AvgIpc) is 1.96. The molecule has 66 valence electrons. The van der Waals surface area contributed by atoms with Gasteiger partial charge in [0.25, 0.3) is 0 Å². The molecule has 0 aromatic rings. The summed E-state index contributed by atoms with van der Waals surface area (Å²) >= 11 is 5.29. The zero-order valence-corrected chi connectivity index (χ0v) is 7.90. The highest BCUT2D eigenvalue weighted by Gasteiger charge is 1.89. The van der Waals surface area contributed by atoms with E-state index in [0.717, 1.165) is 13.2 Å². The van der Waals surface area contributed by atoms with Crippen LogP contribution in [0.4, 0.5) is 0 Å². The van der Waals surface area contributed by atoms with Crippen molar-refractivity contribution in [3.63, 3.8) is 0 Å². The summed E-state index contributed by atoms with van der Waals surface area (Å²) in [6.45, 7) is 6.45. The maximum absolute atomic E-state index is 5.29. The Morgan fingerprint density at radius 1 is 1.55 bits per heavy atom. The van der Waals surface area contributed by atoms with E-state index in [4.69, 9.17) is 16.3 Å². The molecule has 2 nitrogen and oxygen atoms in total. The molecule has 0 atom stereocenters. The molecule has 0 saturated carbocycles. The van der Waals surface area contributed by atoms with Gasteiger partial charge in [-0.3, -0.25) is 0 Å². The van der Waals surface area contributed by atoms with Gasteiger partial charge in [-0.1, -0.05) is 25.4 Å². The topological polar surface area (TPSA) is 21.3 Å². The minimum Gasteiger partial charge on any atom is -0.376 e. The molecular weight excluding hydrogens is 162 g/mol. The lowest BCUT2D eigenvalue weighted by Gasteiger charge is -2.06. The monoisotopic (exact) mass is 177 g/mol. The Hall–Kier alpha value is -0.0500. The van der Waals surface area contributed by atoms with Gasteiger partial charge in [0.05, 0.1) is 13.2 Å². The summed E-state index contributed by atoms with van der Waals surface area (Å²) in [5.41, 5.74) is 1.47. The fraction of sp³-hybridized carbons (Fsp3) is 0.750. The quantitative estimate of drug-likeness (QED) is 0.625. The molecule has 1 N–H and O–H groups in total. The van der Waals surface area contributed by atoms with Gasteiger partial charge in [0.2, 0.25) is 0 Å². The number of ether oxygens (including phenoxy) is 1. The first-order valence-electron chi connectivity index (χ1n) is 3.83. The van der Waals surface area contributed by atoms with Crippen molar-refractivity contribution in [2.45, 2.75) is 19.9 Å². The molecule has 0 rings (SSSR count). The lowest BCUT2D eigenvalue weighted by Crippen LogP contribution is -2.26. The van der Waals surface area contributed by atoms with Crippen LogP contribution in [-0.2, 0) is 4.74 Å². The minimum atomic E-state index is 0.530. The molecule has 11 heavy (non-hydrogen) atoms. The number of nitrogens with one attached hydrogen (secondary N) is 1. The van der Waals surface area contributed by atoms with E-state index in [0.29, 0.717) is 12.6 Å². The van der Waals surface area contributed by atoms with Crippen molar-refractivity contribution < 1.29 is 4.74 Å². The summed E-state index contributed by atoms with van der Waals surface area (Å²) in [7, 11) is 0. The molecule has 0 aromatic carbocycles. The van der Waals surface area contributed by atoms with Gasteiger partial charge in [0.15, 0.2) is 0 Å². The van der Waals surface area contributed by atoms with E-state index in [1.165, 1.54) is 5.54 Å². The van der Waals surface area contributed by atoms with Crippen molar-refractivity contribution in [3.05, 3.63) is 11.6 Å².